The third kappa shape index (κ3) is 2.63. The summed E-state index contributed by atoms with van der Waals surface area (Å²) < 4.78 is 0. The van der Waals surface area contributed by atoms with Gasteiger partial charge in [0.1, 0.15) is 0 Å². The molecule has 0 spiro atoms. The third-order valence-corrected chi connectivity index (χ3v) is 2.10. The molecule has 2 aromatic heterocycles. The molecule has 0 saturated heterocycles. The molecule has 0 aromatic carbocycles. The molecule has 0 atom stereocenters. The van der Waals surface area contributed by atoms with Crippen LogP contribution in [0.3, 0.4) is 0 Å². The predicted molar refractivity (Wildman–Crippen MR) is 56.7 cm³/mol. The van der Waals surface area contributed by atoms with Gasteiger partial charge in [0.2, 0.25) is 0 Å². The van der Waals surface area contributed by atoms with E-state index in [1.807, 2.05) is 12.1 Å². The van der Waals surface area contributed by atoms with Crippen molar-refractivity contribution >= 4 is 5.91 Å². The number of aromatic nitrogens is 4. The summed E-state index contributed by atoms with van der Waals surface area (Å²) in [6, 6.07) is 3.84. The van der Waals surface area contributed by atoms with Gasteiger partial charge in [-0.3, -0.25) is 9.78 Å². The van der Waals surface area contributed by atoms with Crippen LogP contribution in [0.15, 0.2) is 30.7 Å². The highest BCUT2D eigenvalue weighted by Crippen LogP contribution is 1.96. The van der Waals surface area contributed by atoms with Gasteiger partial charge in [0.05, 0.1) is 6.20 Å². The molecule has 0 unspecified atom stereocenters. The minimum absolute atomic E-state index is 0.220. The van der Waals surface area contributed by atoms with Crippen molar-refractivity contribution in [2.45, 2.75) is 6.42 Å². The fourth-order valence-corrected chi connectivity index (χ4v) is 1.27. The molecule has 0 aliphatic heterocycles. The molecule has 2 rings (SSSR count). The van der Waals surface area contributed by atoms with Gasteiger partial charge in [-0.15, -0.1) is 0 Å². The van der Waals surface area contributed by atoms with E-state index in [0.717, 1.165) is 12.0 Å². The van der Waals surface area contributed by atoms with Crippen LogP contribution < -0.4 is 5.32 Å². The van der Waals surface area contributed by atoms with Gasteiger partial charge in [0.25, 0.3) is 5.91 Å². The van der Waals surface area contributed by atoms with Crippen LogP contribution in [0.1, 0.15) is 16.1 Å². The molecule has 0 bridgehead atoms. The minimum atomic E-state index is -0.220. The summed E-state index contributed by atoms with van der Waals surface area (Å²) in [5.74, 6) is -0.220. The Kier molecular flexibility index (Phi) is 3.22. The van der Waals surface area contributed by atoms with Crippen LogP contribution in [-0.4, -0.2) is 32.8 Å². The van der Waals surface area contributed by atoms with Crippen molar-refractivity contribution in [1.29, 1.82) is 0 Å². The molecule has 2 N–H and O–H groups in total. The van der Waals surface area contributed by atoms with Gasteiger partial charge in [-0.25, -0.2) is 0 Å². The molecule has 82 valence electrons. The first kappa shape index (κ1) is 10.3. The Hall–Kier alpha value is -2.24. The average Bonchev–Trinajstić information content (AvgIpc) is 2.84. The number of hydrogen-bond donors (Lipinski definition) is 2. The lowest BCUT2D eigenvalue weighted by Gasteiger charge is -2.02. The lowest BCUT2D eigenvalue weighted by atomic mass is 10.2. The van der Waals surface area contributed by atoms with E-state index >= 15 is 0 Å². The van der Waals surface area contributed by atoms with E-state index in [4.69, 9.17) is 0 Å². The van der Waals surface area contributed by atoms with Gasteiger partial charge in [-0.2, -0.15) is 15.4 Å². The molecule has 0 aliphatic rings. The second kappa shape index (κ2) is 5.01. The number of amides is 1. The zero-order chi connectivity index (χ0) is 11.2. The van der Waals surface area contributed by atoms with E-state index in [0.29, 0.717) is 12.2 Å². The molecule has 0 saturated carbocycles. The maximum Gasteiger partial charge on any atom is 0.273 e. The van der Waals surface area contributed by atoms with Crippen molar-refractivity contribution in [2.24, 2.45) is 0 Å². The summed E-state index contributed by atoms with van der Waals surface area (Å²) in [5, 5.41) is 12.4. The number of carbonyl (C=O) groups excluding carboxylic acids is 1. The largest absolute Gasteiger partial charge is 0.350 e. The molecular weight excluding hydrogens is 206 g/mol. The molecule has 6 nitrogen and oxygen atoms in total. The molecule has 2 aromatic rings. The highest BCUT2D eigenvalue weighted by Gasteiger charge is 2.06. The molecular formula is C10H11N5O. The second-order valence-corrected chi connectivity index (χ2v) is 3.22. The summed E-state index contributed by atoms with van der Waals surface area (Å²) in [5.41, 5.74) is 1.44. The van der Waals surface area contributed by atoms with E-state index in [9.17, 15) is 4.79 Å². The van der Waals surface area contributed by atoms with E-state index in [-0.39, 0.29) is 5.91 Å². The Morgan fingerprint density at radius 1 is 1.38 bits per heavy atom. The van der Waals surface area contributed by atoms with Crippen LogP contribution in [0.25, 0.3) is 0 Å². The van der Waals surface area contributed by atoms with Crippen LogP contribution in [0.5, 0.6) is 0 Å². The fourth-order valence-electron chi connectivity index (χ4n) is 1.27. The number of hydrogen-bond acceptors (Lipinski definition) is 4. The summed E-state index contributed by atoms with van der Waals surface area (Å²) in [4.78, 5) is 15.4. The lowest BCUT2D eigenvalue weighted by Crippen LogP contribution is -2.26. The van der Waals surface area contributed by atoms with Crippen LogP contribution in [0.2, 0.25) is 0 Å². The SMILES string of the molecule is O=C(NCCc1ccncc1)c1cn[nH]n1. The number of nitrogens with one attached hydrogen (secondary N) is 2. The van der Waals surface area contributed by atoms with Gasteiger partial charge in [0.15, 0.2) is 5.69 Å². The molecule has 0 fully saturated rings. The van der Waals surface area contributed by atoms with Gasteiger partial charge in [-0.1, -0.05) is 0 Å². The van der Waals surface area contributed by atoms with Crippen molar-refractivity contribution in [3.05, 3.63) is 42.0 Å². The number of H-pyrrole nitrogens is 1. The number of nitrogens with zero attached hydrogens (tertiary/aromatic N) is 3. The van der Waals surface area contributed by atoms with Crippen LogP contribution in [-0.2, 0) is 6.42 Å². The van der Waals surface area contributed by atoms with Gasteiger partial charge >= 0.3 is 0 Å². The Labute approximate surface area is 92.1 Å². The van der Waals surface area contributed by atoms with Gasteiger partial charge in [0, 0.05) is 18.9 Å². The van der Waals surface area contributed by atoms with Crippen LogP contribution in [0.4, 0.5) is 0 Å². The highest BCUT2D eigenvalue weighted by atomic mass is 16.1. The third-order valence-electron chi connectivity index (χ3n) is 2.10. The summed E-state index contributed by atoms with van der Waals surface area (Å²) >= 11 is 0. The van der Waals surface area contributed by atoms with E-state index in [2.05, 4.69) is 25.7 Å². The van der Waals surface area contributed by atoms with E-state index in [1.165, 1.54) is 6.20 Å². The standard InChI is InChI=1S/C10H11N5O/c16-10(9-7-13-15-14-9)12-6-3-8-1-4-11-5-2-8/h1-2,4-5,7H,3,6H2,(H,12,16)(H,13,14,15). The van der Waals surface area contributed by atoms with E-state index < -0.39 is 0 Å². The normalized spacial score (nSPS) is 10.0. The monoisotopic (exact) mass is 217 g/mol. The Morgan fingerprint density at radius 2 is 2.19 bits per heavy atom. The van der Waals surface area contributed by atoms with E-state index in [1.54, 1.807) is 12.4 Å². The number of pyridine rings is 1. The van der Waals surface area contributed by atoms with Gasteiger partial charge < -0.3 is 5.32 Å². The molecule has 1 amide bonds. The predicted octanol–water partition coefficient (Wildman–Crippen LogP) is 0.172. The summed E-state index contributed by atoms with van der Waals surface area (Å²) in [7, 11) is 0. The van der Waals surface area contributed by atoms with Crippen LogP contribution in [0, 0.1) is 0 Å². The topological polar surface area (TPSA) is 83.6 Å². The van der Waals surface area contributed by atoms with Crippen molar-refractivity contribution in [2.75, 3.05) is 6.54 Å². The zero-order valence-electron chi connectivity index (χ0n) is 8.55. The number of carbonyl (C=O) groups is 1. The zero-order valence-corrected chi connectivity index (χ0v) is 8.55. The van der Waals surface area contributed by atoms with Crippen molar-refractivity contribution < 1.29 is 4.79 Å². The van der Waals surface area contributed by atoms with Crippen molar-refractivity contribution in [3.63, 3.8) is 0 Å². The lowest BCUT2D eigenvalue weighted by molar-refractivity contribution is 0.0949. The first-order chi connectivity index (χ1) is 7.86. The maximum absolute atomic E-state index is 11.5. The highest BCUT2D eigenvalue weighted by molar-refractivity contribution is 5.91. The molecule has 2 heterocycles. The first-order valence-electron chi connectivity index (χ1n) is 4.89. The molecule has 0 aliphatic carbocycles. The van der Waals surface area contributed by atoms with Crippen LogP contribution >= 0.6 is 0 Å². The Balaban J connectivity index is 1.79. The average molecular weight is 217 g/mol. The smallest absolute Gasteiger partial charge is 0.273 e. The number of rotatable bonds is 4. The first-order valence-corrected chi connectivity index (χ1v) is 4.89. The summed E-state index contributed by atoms with van der Waals surface area (Å²) in [6.07, 6.45) is 5.62. The Morgan fingerprint density at radius 3 is 2.88 bits per heavy atom. The molecule has 16 heavy (non-hydrogen) atoms. The van der Waals surface area contributed by atoms with Crippen molar-refractivity contribution in [1.82, 2.24) is 25.7 Å². The second-order valence-electron chi connectivity index (χ2n) is 3.22. The number of aromatic amines is 1. The fraction of sp³-hybridized carbons (Fsp3) is 0.200. The van der Waals surface area contributed by atoms with Crippen molar-refractivity contribution in [3.8, 4) is 0 Å². The quantitative estimate of drug-likeness (QED) is 0.764. The molecule has 6 heteroatoms. The Bertz CT molecular complexity index is 439. The maximum atomic E-state index is 11.5. The minimum Gasteiger partial charge on any atom is -0.350 e. The molecule has 0 radical (unpaired) electrons. The van der Waals surface area contributed by atoms with Gasteiger partial charge in [-0.05, 0) is 24.1 Å². The summed E-state index contributed by atoms with van der Waals surface area (Å²) in [6.45, 7) is 0.565.